The van der Waals surface area contributed by atoms with Gasteiger partial charge in [-0.05, 0) is 61.2 Å². The van der Waals surface area contributed by atoms with Crippen molar-refractivity contribution in [1.29, 1.82) is 0 Å². The molecule has 3 aromatic carbocycles. The van der Waals surface area contributed by atoms with Gasteiger partial charge in [-0.3, -0.25) is 14.8 Å². The van der Waals surface area contributed by atoms with Gasteiger partial charge in [0.05, 0.1) is 5.54 Å². The lowest BCUT2D eigenvalue weighted by atomic mass is 9.91. The molecule has 32 heavy (non-hydrogen) atoms. The summed E-state index contributed by atoms with van der Waals surface area (Å²) in [5.41, 5.74) is 5.68. The van der Waals surface area contributed by atoms with E-state index >= 15 is 0 Å². The molecule has 1 aliphatic heterocycles. The van der Waals surface area contributed by atoms with Crippen LogP contribution in [-0.4, -0.2) is 34.5 Å². The van der Waals surface area contributed by atoms with Crippen LogP contribution in [0.2, 0.25) is 0 Å². The average molecular weight is 430 g/mol. The van der Waals surface area contributed by atoms with Crippen LogP contribution in [-0.2, 0) is 10.3 Å². The fraction of sp³-hybridized carbons (Fsp3) is 0.231. The van der Waals surface area contributed by atoms with E-state index in [9.17, 15) is 9.59 Å². The van der Waals surface area contributed by atoms with E-state index < -0.39 is 11.4 Å². The van der Waals surface area contributed by atoms with Crippen LogP contribution in [0.25, 0.3) is 11.1 Å². The Hall–Kier alpha value is -3.64. The summed E-state index contributed by atoms with van der Waals surface area (Å²) in [7, 11) is 0. The molecular formula is C26H27N3O3. The van der Waals surface area contributed by atoms with Crippen LogP contribution in [0.4, 0.5) is 5.69 Å². The van der Waals surface area contributed by atoms with Gasteiger partial charge in [-0.15, -0.1) is 0 Å². The molecule has 4 rings (SSSR count). The van der Waals surface area contributed by atoms with Crippen molar-refractivity contribution in [2.75, 3.05) is 11.9 Å². The van der Waals surface area contributed by atoms with Gasteiger partial charge in [0.15, 0.2) is 0 Å². The Bertz CT molecular complexity index is 1090. The van der Waals surface area contributed by atoms with Crippen molar-refractivity contribution < 1.29 is 14.8 Å². The van der Waals surface area contributed by atoms with Gasteiger partial charge in [0, 0.05) is 17.8 Å². The number of hydrogen-bond donors (Lipinski definition) is 3. The van der Waals surface area contributed by atoms with E-state index in [-0.39, 0.29) is 11.9 Å². The topological polar surface area (TPSA) is 81.7 Å². The zero-order valence-corrected chi connectivity index (χ0v) is 18.2. The third kappa shape index (κ3) is 4.22. The Kier molecular flexibility index (Phi) is 5.97. The number of carbonyl (C=O) groups is 2. The molecule has 6 nitrogen and oxygen atoms in total. The molecule has 0 radical (unpaired) electrons. The minimum absolute atomic E-state index is 0.0549. The lowest BCUT2D eigenvalue weighted by Gasteiger charge is -2.36. The summed E-state index contributed by atoms with van der Waals surface area (Å²) in [5.74, 6) is -0.515. The van der Waals surface area contributed by atoms with Gasteiger partial charge in [-0.2, -0.15) is 0 Å². The van der Waals surface area contributed by atoms with E-state index in [1.54, 1.807) is 29.7 Å². The second-order valence-corrected chi connectivity index (χ2v) is 8.50. The highest BCUT2D eigenvalue weighted by Gasteiger charge is 2.40. The zero-order chi connectivity index (χ0) is 22.7. The van der Waals surface area contributed by atoms with E-state index in [4.69, 9.17) is 5.21 Å². The Balaban J connectivity index is 1.46. The van der Waals surface area contributed by atoms with E-state index in [1.165, 1.54) is 5.56 Å². The lowest BCUT2D eigenvalue weighted by molar-refractivity contribution is -0.133. The highest BCUT2D eigenvalue weighted by Crippen LogP contribution is 2.34. The maximum atomic E-state index is 13.2. The van der Waals surface area contributed by atoms with Crippen molar-refractivity contribution in [2.24, 2.45) is 0 Å². The number of hydroxylamine groups is 1. The standard InChI is InChI=1S/C26H27N3O3/c1-26(2,21-12-8-19(9-13-21)18-6-4-3-5-7-18)29-17-16-23(25(29)31)27-22-14-10-20(11-15-22)24(30)28-32/h3-15,23,27,32H,16-17H2,1-2H3,(H,28,30). The molecule has 0 bridgehead atoms. The highest BCUT2D eigenvalue weighted by molar-refractivity contribution is 5.94. The van der Waals surface area contributed by atoms with Gasteiger partial charge in [-0.25, -0.2) is 5.48 Å². The molecule has 0 aromatic heterocycles. The van der Waals surface area contributed by atoms with Gasteiger partial charge in [0.25, 0.3) is 5.91 Å². The summed E-state index contributed by atoms with van der Waals surface area (Å²) >= 11 is 0. The molecule has 1 heterocycles. The minimum atomic E-state index is -0.570. The Morgan fingerprint density at radius 1 is 0.938 bits per heavy atom. The van der Waals surface area contributed by atoms with Gasteiger partial charge in [0.1, 0.15) is 6.04 Å². The maximum absolute atomic E-state index is 13.2. The van der Waals surface area contributed by atoms with Crippen LogP contribution in [0.15, 0.2) is 78.9 Å². The highest BCUT2D eigenvalue weighted by atomic mass is 16.5. The quantitative estimate of drug-likeness (QED) is 0.400. The molecule has 1 unspecified atom stereocenters. The molecule has 1 atom stereocenters. The molecular weight excluding hydrogens is 402 g/mol. The van der Waals surface area contributed by atoms with Gasteiger partial charge < -0.3 is 10.2 Å². The predicted octanol–water partition coefficient (Wildman–Crippen LogP) is 4.42. The van der Waals surface area contributed by atoms with Crippen molar-refractivity contribution in [3.05, 3.63) is 90.0 Å². The molecule has 164 valence electrons. The first kappa shape index (κ1) is 21.6. The van der Waals surface area contributed by atoms with E-state index in [0.29, 0.717) is 18.5 Å². The van der Waals surface area contributed by atoms with E-state index in [2.05, 4.69) is 55.6 Å². The predicted molar refractivity (Wildman–Crippen MR) is 124 cm³/mol. The van der Waals surface area contributed by atoms with Gasteiger partial charge >= 0.3 is 0 Å². The third-order valence-electron chi connectivity index (χ3n) is 6.17. The molecule has 1 saturated heterocycles. The fourth-order valence-electron chi connectivity index (χ4n) is 4.21. The fourth-order valence-corrected chi connectivity index (χ4v) is 4.21. The normalized spacial score (nSPS) is 16.2. The van der Waals surface area contributed by atoms with Crippen LogP contribution in [0.1, 0.15) is 36.2 Å². The summed E-state index contributed by atoms with van der Waals surface area (Å²) < 4.78 is 0. The first-order valence-electron chi connectivity index (χ1n) is 10.7. The van der Waals surface area contributed by atoms with Crippen molar-refractivity contribution in [1.82, 2.24) is 10.4 Å². The molecule has 6 heteroatoms. The summed E-state index contributed by atoms with van der Waals surface area (Å²) in [4.78, 5) is 26.6. The molecule has 3 N–H and O–H groups in total. The van der Waals surface area contributed by atoms with E-state index in [1.807, 2.05) is 23.1 Å². The first-order valence-corrected chi connectivity index (χ1v) is 10.7. The molecule has 1 aliphatic rings. The summed E-state index contributed by atoms with van der Waals surface area (Å²) in [6.45, 7) is 4.81. The minimum Gasteiger partial charge on any atom is -0.374 e. The molecule has 3 aromatic rings. The van der Waals surface area contributed by atoms with Gasteiger partial charge in [0.2, 0.25) is 5.91 Å². The monoisotopic (exact) mass is 429 g/mol. The number of hydrogen-bond acceptors (Lipinski definition) is 4. The smallest absolute Gasteiger partial charge is 0.274 e. The zero-order valence-electron chi connectivity index (χ0n) is 18.2. The molecule has 0 aliphatic carbocycles. The molecule has 2 amide bonds. The van der Waals surface area contributed by atoms with Crippen LogP contribution in [0.3, 0.4) is 0 Å². The van der Waals surface area contributed by atoms with Crippen LogP contribution >= 0.6 is 0 Å². The number of likely N-dealkylation sites (tertiary alicyclic amines) is 1. The Labute approximate surface area is 187 Å². The molecule has 0 spiro atoms. The summed E-state index contributed by atoms with van der Waals surface area (Å²) in [6, 6.07) is 25.0. The van der Waals surface area contributed by atoms with Crippen molar-refractivity contribution in [3.8, 4) is 11.1 Å². The average Bonchev–Trinajstić information content (AvgIpc) is 3.20. The second kappa shape index (κ2) is 8.85. The number of amides is 2. The summed E-state index contributed by atoms with van der Waals surface area (Å²) in [5, 5.41) is 12.0. The first-order chi connectivity index (χ1) is 15.4. The number of benzene rings is 3. The van der Waals surface area contributed by atoms with Crippen molar-refractivity contribution >= 4 is 17.5 Å². The number of anilines is 1. The van der Waals surface area contributed by atoms with E-state index in [0.717, 1.165) is 16.8 Å². The van der Waals surface area contributed by atoms with Gasteiger partial charge in [-0.1, -0.05) is 54.6 Å². The molecule has 1 fully saturated rings. The third-order valence-corrected chi connectivity index (χ3v) is 6.17. The lowest BCUT2D eigenvalue weighted by Crippen LogP contribution is -2.45. The summed E-state index contributed by atoms with van der Waals surface area (Å²) in [6.07, 6.45) is 0.698. The van der Waals surface area contributed by atoms with Crippen molar-refractivity contribution in [2.45, 2.75) is 31.8 Å². The number of carbonyl (C=O) groups excluding carboxylic acids is 2. The second-order valence-electron chi connectivity index (χ2n) is 8.50. The van der Waals surface area contributed by atoms with Crippen LogP contribution in [0, 0.1) is 0 Å². The number of nitrogens with one attached hydrogen (secondary N) is 2. The maximum Gasteiger partial charge on any atom is 0.274 e. The largest absolute Gasteiger partial charge is 0.374 e. The number of nitrogens with zero attached hydrogens (tertiary/aromatic N) is 1. The molecule has 0 saturated carbocycles. The van der Waals surface area contributed by atoms with Crippen molar-refractivity contribution in [3.63, 3.8) is 0 Å². The SMILES string of the molecule is CC(C)(c1ccc(-c2ccccc2)cc1)N1CCC(Nc2ccc(C(=O)NO)cc2)C1=O. The Morgan fingerprint density at radius 2 is 1.56 bits per heavy atom. The van der Waals surface area contributed by atoms with Crippen LogP contribution in [0.5, 0.6) is 0 Å². The van der Waals surface area contributed by atoms with Crippen LogP contribution < -0.4 is 10.8 Å². The number of rotatable bonds is 6. The Morgan fingerprint density at radius 3 is 2.19 bits per heavy atom.